The Labute approximate surface area is 295 Å². The van der Waals surface area contributed by atoms with E-state index in [0.717, 1.165) is 12.1 Å². The molecule has 3 aliphatic heterocycles. The van der Waals surface area contributed by atoms with Crippen molar-refractivity contribution < 1.29 is 94.1 Å². The number of esters is 1. The molecule has 3 heterocycles. The molecule has 3 aliphatic rings. The molecule has 5 rings (SSSR count). The van der Waals surface area contributed by atoms with E-state index in [2.05, 4.69) is 0 Å². The van der Waals surface area contributed by atoms with E-state index in [1.165, 1.54) is 36.4 Å². The number of aliphatic hydroxyl groups is 7. The number of carbonyl (C=O) groups is 1. The second-order valence-electron chi connectivity index (χ2n) is 12.6. The van der Waals surface area contributed by atoms with Crippen molar-refractivity contribution in [2.45, 2.75) is 73.1 Å². The topological polar surface area (TPSA) is 304 Å². The van der Waals surface area contributed by atoms with E-state index in [4.69, 9.17) is 33.2 Å². The summed E-state index contributed by atoms with van der Waals surface area (Å²) in [6, 6.07) is 7.80. The van der Waals surface area contributed by atoms with Gasteiger partial charge in [-0.05, 0) is 47.9 Å². The highest BCUT2D eigenvalue weighted by atomic mass is 16.8. The SMILES string of the molecule is O=C(C=Cc1ccc(O)c(O)c1)OC1C(CO)OC(OCCc2ccc(O)c(O)c2)C(OC2OCC(O)(CO)C2O)C1OC1OCC(O)(CO)C1O. The van der Waals surface area contributed by atoms with Crippen molar-refractivity contribution in [2.24, 2.45) is 0 Å². The van der Waals surface area contributed by atoms with Crippen LogP contribution in [0.3, 0.4) is 0 Å². The predicted octanol–water partition coefficient (Wildman–Crippen LogP) is -2.94. The minimum absolute atomic E-state index is 0.118. The highest BCUT2D eigenvalue weighted by Gasteiger charge is 2.57. The molecule has 2 aromatic carbocycles. The average molecular weight is 743 g/mol. The molecule has 19 nitrogen and oxygen atoms in total. The summed E-state index contributed by atoms with van der Waals surface area (Å²) in [6.45, 7) is -4.02. The van der Waals surface area contributed by atoms with Crippen molar-refractivity contribution in [1.29, 1.82) is 0 Å². The first kappa shape index (κ1) is 39.5. The zero-order chi connectivity index (χ0) is 37.8. The quantitative estimate of drug-likeness (QED) is 0.0524. The van der Waals surface area contributed by atoms with Crippen molar-refractivity contribution in [1.82, 2.24) is 0 Å². The van der Waals surface area contributed by atoms with E-state index in [1.54, 1.807) is 0 Å². The van der Waals surface area contributed by atoms with Gasteiger partial charge in [-0.3, -0.25) is 0 Å². The Hall–Kier alpha value is -3.67. The molecule has 0 amide bonds. The van der Waals surface area contributed by atoms with Gasteiger partial charge in [0, 0.05) is 6.08 Å². The molecular weight excluding hydrogens is 700 g/mol. The molecule has 3 fully saturated rings. The maximum atomic E-state index is 13.2. The molecule has 0 radical (unpaired) electrons. The van der Waals surface area contributed by atoms with Crippen molar-refractivity contribution in [3.05, 3.63) is 53.6 Å². The average Bonchev–Trinajstić information content (AvgIpc) is 3.58. The maximum Gasteiger partial charge on any atom is 0.331 e. The first-order chi connectivity index (χ1) is 24.7. The van der Waals surface area contributed by atoms with Gasteiger partial charge in [-0.2, -0.15) is 0 Å². The number of hydrogen-bond donors (Lipinski definition) is 11. The smallest absolute Gasteiger partial charge is 0.331 e. The molecule has 11 unspecified atom stereocenters. The van der Waals surface area contributed by atoms with E-state index in [0.29, 0.717) is 5.56 Å². The molecule has 0 aromatic heterocycles. The third kappa shape index (κ3) is 8.58. The van der Waals surface area contributed by atoms with Crippen LogP contribution in [0.15, 0.2) is 42.5 Å². The van der Waals surface area contributed by atoms with Gasteiger partial charge in [0.2, 0.25) is 0 Å². The summed E-state index contributed by atoms with van der Waals surface area (Å²) in [4.78, 5) is 13.2. The van der Waals surface area contributed by atoms with Gasteiger partial charge in [0.1, 0.15) is 41.7 Å². The minimum Gasteiger partial charge on any atom is -0.504 e. The number of rotatable bonds is 14. The Bertz CT molecular complexity index is 1560. The normalized spacial score (nSPS) is 34.9. The Morgan fingerprint density at radius 2 is 1.35 bits per heavy atom. The van der Waals surface area contributed by atoms with Gasteiger partial charge in [-0.1, -0.05) is 12.1 Å². The largest absolute Gasteiger partial charge is 0.504 e. The summed E-state index contributed by atoms with van der Waals surface area (Å²) in [5.74, 6) is -2.64. The van der Waals surface area contributed by atoms with Gasteiger partial charge >= 0.3 is 5.97 Å². The Kier molecular flexibility index (Phi) is 12.6. The Morgan fingerprint density at radius 3 is 1.88 bits per heavy atom. The molecule has 288 valence electrons. The van der Waals surface area contributed by atoms with Crippen LogP contribution in [0.2, 0.25) is 0 Å². The van der Waals surface area contributed by atoms with Gasteiger partial charge in [-0.15, -0.1) is 0 Å². The Morgan fingerprint density at radius 1 is 0.769 bits per heavy atom. The van der Waals surface area contributed by atoms with E-state index in [1.807, 2.05) is 0 Å². The second-order valence-corrected chi connectivity index (χ2v) is 12.6. The lowest BCUT2D eigenvalue weighted by molar-refractivity contribution is -0.357. The third-order valence-electron chi connectivity index (χ3n) is 8.89. The molecule has 11 N–H and O–H groups in total. The van der Waals surface area contributed by atoms with Gasteiger partial charge in [0.25, 0.3) is 0 Å². The monoisotopic (exact) mass is 742 g/mol. The fourth-order valence-electron chi connectivity index (χ4n) is 5.73. The summed E-state index contributed by atoms with van der Waals surface area (Å²) >= 11 is 0. The van der Waals surface area contributed by atoms with E-state index < -0.39 is 117 Å². The summed E-state index contributed by atoms with van der Waals surface area (Å²) in [6.07, 6.45) is -12.8. The molecule has 0 bridgehead atoms. The highest BCUT2D eigenvalue weighted by molar-refractivity contribution is 5.87. The van der Waals surface area contributed by atoms with Crippen molar-refractivity contribution in [3.63, 3.8) is 0 Å². The van der Waals surface area contributed by atoms with Gasteiger partial charge in [0.15, 0.2) is 48.0 Å². The molecule has 0 saturated carbocycles. The van der Waals surface area contributed by atoms with E-state index >= 15 is 0 Å². The predicted molar refractivity (Wildman–Crippen MR) is 169 cm³/mol. The molecule has 52 heavy (non-hydrogen) atoms. The number of carbonyl (C=O) groups excluding carboxylic acids is 1. The van der Waals surface area contributed by atoms with Crippen LogP contribution in [-0.2, 0) is 44.4 Å². The van der Waals surface area contributed by atoms with Crippen LogP contribution in [0.5, 0.6) is 23.0 Å². The van der Waals surface area contributed by atoms with Crippen molar-refractivity contribution >= 4 is 12.0 Å². The standard InChI is InChI=1S/C33H42O19/c34-11-22-24(50-23(41)6-3-16-1-4-18(37)20(39)9-16)25(51-30-27(42)32(44,12-35)14-47-30)26(52-31-28(43)33(45,13-36)15-48-31)29(49-22)46-8-7-17-2-5-19(38)21(40)10-17/h1-6,9-10,22,24-31,34-40,42-45H,7-8,11-15H2. The minimum atomic E-state index is -2.17. The Balaban J connectivity index is 1.46. The molecule has 0 spiro atoms. The van der Waals surface area contributed by atoms with Crippen molar-refractivity contribution in [2.75, 3.05) is 39.6 Å². The molecule has 19 heteroatoms. The first-order valence-electron chi connectivity index (χ1n) is 16.1. The summed E-state index contributed by atoms with van der Waals surface area (Å²) < 4.78 is 40.5. The van der Waals surface area contributed by atoms with Crippen molar-refractivity contribution in [3.8, 4) is 23.0 Å². The fourth-order valence-corrected chi connectivity index (χ4v) is 5.73. The van der Waals surface area contributed by atoms with E-state index in [-0.39, 0.29) is 30.1 Å². The zero-order valence-electron chi connectivity index (χ0n) is 27.5. The van der Waals surface area contributed by atoms with Crippen LogP contribution < -0.4 is 0 Å². The lowest BCUT2D eigenvalue weighted by atomic mass is 9.96. The number of phenols is 4. The summed E-state index contributed by atoms with van der Waals surface area (Å²) in [7, 11) is 0. The van der Waals surface area contributed by atoms with Gasteiger partial charge < -0.3 is 89.3 Å². The molecule has 11 atom stereocenters. The fraction of sp³-hybridized carbons (Fsp3) is 0.545. The second kappa shape index (κ2) is 16.6. The van der Waals surface area contributed by atoms with Crippen LogP contribution in [-0.4, -0.2) is 168 Å². The van der Waals surface area contributed by atoms with Crippen LogP contribution in [0.1, 0.15) is 11.1 Å². The number of hydrogen-bond acceptors (Lipinski definition) is 19. The summed E-state index contributed by atoms with van der Waals surface area (Å²) in [5, 5.41) is 112. The molecule has 0 aliphatic carbocycles. The first-order valence-corrected chi connectivity index (χ1v) is 16.1. The third-order valence-corrected chi connectivity index (χ3v) is 8.89. The number of ether oxygens (including phenoxy) is 7. The van der Waals surface area contributed by atoms with Crippen LogP contribution in [0, 0.1) is 0 Å². The summed E-state index contributed by atoms with van der Waals surface area (Å²) in [5.41, 5.74) is -3.52. The number of phenolic OH excluding ortho intramolecular Hbond substituents is 4. The van der Waals surface area contributed by atoms with Crippen LogP contribution in [0.4, 0.5) is 0 Å². The number of benzene rings is 2. The number of aliphatic hydroxyl groups excluding tert-OH is 5. The number of aromatic hydroxyl groups is 4. The van der Waals surface area contributed by atoms with Gasteiger partial charge in [-0.25, -0.2) is 4.79 Å². The lowest BCUT2D eigenvalue weighted by Gasteiger charge is -2.46. The lowest BCUT2D eigenvalue weighted by Crippen LogP contribution is -2.64. The molecule has 3 saturated heterocycles. The van der Waals surface area contributed by atoms with Crippen LogP contribution >= 0.6 is 0 Å². The van der Waals surface area contributed by atoms with Crippen LogP contribution in [0.25, 0.3) is 6.08 Å². The highest BCUT2D eigenvalue weighted by Crippen LogP contribution is 2.37. The van der Waals surface area contributed by atoms with Gasteiger partial charge in [0.05, 0.1) is 39.6 Å². The molecule has 2 aromatic rings. The van der Waals surface area contributed by atoms with E-state index in [9.17, 15) is 61.0 Å². The maximum absolute atomic E-state index is 13.2. The zero-order valence-corrected chi connectivity index (χ0v) is 27.5. The molecular formula is C33H42O19.